The third kappa shape index (κ3) is 2.75. The topological polar surface area (TPSA) is 29.9 Å². The quantitative estimate of drug-likeness (QED) is 0.905. The molecule has 1 aromatic heterocycles. The van der Waals surface area contributed by atoms with E-state index in [9.17, 15) is 0 Å². The van der Waals surface area contributed by atoms with Gasteiger partial charge in [0.25, 0.3) is 0 Å². The van der Waals surface area contributed by atoms with E-state index >= 15 is 0 Å². The molecule has 1 saturated carbocycles. The van der Waals surface area contributed by atoms with Crippen molar-refractivity contribution in [2.75, 3.05) is 7.05 Å². The van der Waals surface area contributed by atoms with Crippen LogP contribution in [0.3, 0.4) is 0 Å². The van der Waals surface area contributed by atoms with Crippen LogP contribution in [0.1, 0.15) is 60.7 Å². The highest BCUT2D eigenvalue weighted by Gasteiger charge is 2.21. The molecule has 21 heavy (non-hydrogen) atoms. The molecule has 1 heterocycles. The third-order valence-corrected chi connectivity index (χ3v) is 4.66. The molecule has 0 aliphatic heterocycles. The lowest BCUT2D eigenvalue weighted by atomic mass is 9.80. The van der Waals surface area contributed by atoms with Gasteiger partial charge in [-0.3, -0.25) is 4.68 Å². The maximum atomic E-state index is 4.57. The molecule has 3 nitrogen and oxygen atoms in total. The van der Waals surface area contributed by atoms with Crippen LogP contribution in [0.2, 0.25) is 0 Å². The maximum absolute atomic E-state index is 4.57. The van der Waals surface area contributed by atoms with Gasteiger partial charge in [-0.25, -0.2) is 0 Å². The van der Waals surface area contributed by atoms with Gasteiger partial charge in [-0.15, -0.1) is 0 Å². The summed E-state index contributed by atoms with van der Waals surface area (Å²) in [7, 11) is 2.02. The highest BCUT2D eigenvalue weighted by atomic mass is 15.3. The molecular weight excluding hydrogens is 258 g/mol. The second-order valence-corrected chi connectivity index (χ2v) is 6.04. The Balaban J connectivity index is 1.88. The van der Waals surface area contributed by atoms with Crippen LogP contribution in [0.25, 0.3) is 0 Å². The van der Waals surface area contributed by atoms with Gasteiger partial charge in [-0.1, -0.05) is 30.7 Å². The highest BCUT2D eigenvalue weighted by Crippen LogP contribution is 2.36. The van der Waals surface area contributed by atoms with E-state index in [4.69, 9.17) is 0 Å². The molecule has 3 heteroatoms. The Morgan fingerprint density at radius 1 is 1.29 bits per heavy atom. The van der Waals surface area contributed by atoms with Crippen LogP contribution in [0.5, 0.6) is 0 Å². The lowest BCUT2D eigenvalue weighted by Crippen LogP contribution is -2.21. The van der Waals surface area contributed by atoms with Crippen molar-refractivity contribution in [3.05, 3.63) is 52.8 Å². The van der Waals surface area contributed by atoms with E-state index < -0.39 is 0 Å². The Morgan fingerprint density at radius 2 is 2.00 bits per heavy atom. The zero-order valence-corrected chi connectivity index (χ0v) is 13.3. The summed E-state index contributed by atoms with van der Waals surface area (Å²) < 4.78 is 2.09. The molecule has 0 bridgehead atoms. The molecule has 1 aliphatic rings. The SMILES string of the molecule is CCn1nc(C)cc1C(NC)c1ccc(C2CCC2)cc1. The standard InChI is InChI=1S/C18H25N3/c1-4-21-17(12-13(2)20-21)18(19-3)16-10-8-15(9-11-16)14-6-5-7-14/h8-12,14,18-19H,4-7H2,1-3H3. The smallest absolute Gasteiger partial charge is 0.0745 e. The van der Waals surface area contributed by atoms with E-state index in [1.165, 1.54) is 36.1 Å². The Bertz CT molecular complexity index is 593. The molecule has 1 aromatic carbocycles. The number of aromatic nitrogens is 2. The van der Waals surface area contributed by atoms with Gasteiger partial charge in [0.05, 0.1) is 17.4 Å². The third-order valence-electron chi connectivity index (χ3n) is 4.66. The van der Waals surface area contributed by atoms with Crippen LogP contribution >= 0.6 is 0 Å². The summed E-state index contributed by atoms with van der Waals surface area (Å²) in [6.45, 7) is 5.10. The van der Waals surface area contributed by atoms with Crippen molar-refractivity contribution >= 4 is 0 Å². The van der Waals surface area contributed by atoms with Gasteiger partial charge in [-0.2, -0.15) is 5.10 Å². The molecule has 1 aliphatic carbocycles. The van der Waals surface area contributed by atoms with Crippen molar-refractivity contribution in [2.45, 2.75) is 51.6 Å². The first-order valence-electron chi connectivity index (χ1n) is 8.04. The summed E-state index contributed by atoms with van der Waals surface area (Å²) >= 11 is 0. The number of hydrogen-bond donors (Lipinski definition) is 1. The van der Waals surface area contributed by atoms with E-state index in [-0.39, 0.29) is 6.04 Å². The van der Waals surface area contributed by atoms with Gasteiger partial charge in [0.15, 0.2) is 0 Å². The second kappa shape index (κ2) is 6.02. The average Bonchev–Trinajstić information content (AvgIpc) is 2.81. The Hall–Kier alpha value is -1.61. The predicted octanol–water partition coefficient (Wildman–Crippen LogP) is 3.79. The van der Waals surface area contributed by atoms with Crippen molar-refractivity contribution in [1.29, 1.82) is 0 Å². The number of rotatable bonds is 5. The average molecular weight is 283 g/mol. The van der Waals surface area contributed by atoms with Crippen molar-refractivity contribution < 1.29 is 0 Å². The van der Waals surface area contributed by atoms with E-state index in [0.29, 0.717) is 0 Å². The minimum atomic E-state index is 0.210. The van der Waals surface area contributed by atoms with E-state index in [1.54, 1.807) is 0 Å². The number of hydrogen-bond acceptors (Lipinski definition) is 2. The van der Waals surface area contributed by atoms with Crippen LogP contribution in [-0.2, 0) is 6.54 Å². The van der Waals surface area contributed by atoms with Gasteiger partial charge in [0.1, 0.15) is 0 Å². The van der Waals surface area contributed by atoms with Gasteiger partial charge >= 0.3 is 0 Å². The van der Waals surface area contributed by atoms with E-state index in [0.717, 1.165) is 18.2 Å². The molecule has 3 rings (SSSR count). The van der Waals surface area contributed by atoms with Crippen molar-refractivity contribution in [1.82, 2.24) is 15.1 Å². The number of nitrogens with one attached hydrogen (secondary N) is 1. The first-order chi connectivity index (χ1) is 10.2. The van der Waals surface area contributed by atoms with E-state index in [2.05, 4.69) is 59.3 Å². The fourth-order valence-electron chi connectivity index (χ4n) is 3.24. The van der Waals surface area contributed by atoms with Crippen molar-refractivity contribution in [3.8, 4) is 0 Å². The molecule has 0 saturated heterocycles. The summed E-state index contributed by atoms with van der Waals surface area (Å²) in [6, 6.07) is 11.6. The zero-order valence-electron chi connectivity index (χ0n) is 13.3. The van der Waals surface area contributed by atoms with Crippen LogP contribution in [0, 0.1) is 6.92 Å². The second-order valence-electron chi connectivity index (χ2n) is 6.04. The van der Waals surface area contributed by atoms with Crippen LogP contribution in [-0.4, -0.2) is 16.8 Å². The molecular formula is C18H25N3. The first-order valence-corrected chi connectivity index (χ1v) is 8.04. The molecule has 1 unspecified atom stereocenters. The Kier molecular flexibility index (Phi) is 4.11. The highest BCUT2D eigenvalue weighted by molar-refractivity contribution is 5.33. The fourth-order valence-corrected chi connectivity index (χ4v) is 3.24. The molecule has 0 amide bonds. The number of benzene rings is 1. The molecule has 1 atom stereocenters. The summed E-state index contributed by atoms with van der Waals surface area (Å²) in [5, 5.41) is 8.01. The summed E-state index contributed by atoms with van der Waals surface area (Å²) in [5.41, 5.74) is 5.14. The van der Waals surface area contributed by atoms with Crippen LogP contribution in [0.15, 0.2) is 30.3 Å². The van der Waals surface area contributed by atoms with Crippen LogP contribution in [0.4, 0.5) is 0 Å². The normalized spacial score (nSPS) is 16.7. The van der Waals surface area contributed by atoms with Crippen molar-refractivity contribution in [2.24, 2.45) is 0 Å². The number of nitrogens with zero attached hydrogens (tertiary/aromatic N) is 2. The fraction of sp³-hybridized carbons (Fsp3) is 0.500. The molecule has 112 valence electrons. The Morgan fingerprint density at radius 3 is 2.52 bits per heavy atom. The van der Waals surface area contributed by atoms with Gasteiger partial charge in [0, 0.05) is 6.54 Å². The molecule has 1 N–H and O–H groups in total. The van der Waals surface area contributed by atoms with Crippen LogP contribution < -0.4 is 5.32 Å². The summed E-state index contributed by atoms with van der Waals surface area (Å²) in [6.07, 6.45) is 4.10. The monoisotopic (exact) mass is 283 g/mol. The van der Waals surface area contributed by atoms with Crippen molar-refractivity contribution in [3.63, 3.8) is 0 Å². The largest absolute Gasteiger partial charge is 0.308 e. The predicted molar refractivity (Wildman–Crippen MR) is 86.6 cm³/mol. The lowest BCUT2D eigenvalue weighted by Gasteiger charge is -2.26. The van der Waals surface area contributed by atoms with Gasteiger partial charge in [-0.05, 0) is 56.8 Å². The van der Waals surface area contributed by atoms with Gasteiger partial charge in [0.2, 0.25) is 0 Å². The lowest BCUT2D eigenvalue weighted by molar-refractivity contribution is 0.419. The molecule has 0 radical (unpaired) electrons. The summed E-state index contributed by atoms with van der Waals surface area (Å²) in [5.74, 6) is 0.801. The van der Waals surface area contributed by atoms with Gasteiger partial charge < -0.3 is 5.32 Å². The maximum Gasteiger partial charge on any atom is 0.0745 e. The molecule has 0 spiro atoms. The minimum absolute atomic E-state index is 0.210. The molecule has 1 fully saturated rings. The molecule has 2 aromatic rings. The Labute approximate surface area is 127 Å². The zero-order chi connectivity index (χ0) is 14.8. The minimum Gasteiger partial charge on any atom is -0.308 e. The van der Waals surface area contributed by atoms with E-state index in [1.807, 2.05) is 7.05 Å². The number of aryl methyl sites for hydroxylation is 2. The first kappa shape index (κ1) is 14.3. The summed E-state index contributed by atoms with van der Waals surface area (Å²) in [4.78, 5) is 0.